The van der Waals surface area contributed by atoms with Crippen LogP contribution in [0.1, 0.15) is 47.0 Å². The van der Waals surface area contributed by atoms with Crippen LogP contribution in [0.4, 0.5) is 0 Å². The zero-order valence-corrected chi connectivity index (χ0v) is 11.1. The summed E-state index contributed by atoms with van der Waals surface area (Å²) < 4.78 is 5.76. The van der Waals surface area contributed by atoms with Gasteiger partial charge in [0.15, 0.2) is 0 Å². The summed E-state index contributed by atoms with van der Waals surface area (Å²) in [4.78, 5) is 0. The molecule has 1 fully saturated rings. The van der Waals surface area contributed by atoms with Crippen molar-refractivity contribution >= 4 is 0 Å². The molecule has 0 aromatic heterocycles. The Morgan fingerprint density at radius 2 is 2.12 bits per heavy atom. The number of ether oxygens (including phenoxy) is 1. The highest BCUT2D eigenvalue weighted by atomic mass is 16.5. The molecule has 1 aliphatic heterocycles. The Kier molecular flexibility index (Phi) is 5.22. The zero-order valence-electron chi connectivity index (χ0n) is 11.1. The standard InChI is InChI=1S/C13H27NO2/c1-5-11(4)14-13(9-15)6-7-16-12(8-13)10(2)3/h10-12,14-15H,5-9H2,1-4H3. The van der Waals surface area contributed by atoms with Crippen molar-refractivity contribution in [3.8, 4) is 0 Å². The molecule has 3 heteroatoms. The summed E-state index contributed by atoms with van der Waals surface area (Å²) >= 11 is 0. The quantitative estimate of drug-likeness (QED) is 0.757. The molecule has 3 unspecified atom stereocenters. The third-order valence-corrected chi connectivity index (χ3v) is 3.72. The number of hydrogen-bond acceptors (Lipinski definition) is 3. The van der Waals surface area contributed by atoms with Crippen LogP contribution in [0.2, 0.25) is 0 Å². The summed E-state index contributed by atoms with van der Waals surface area (Å²) in [5.74, 6) is 0.518. The average Bonchev–Trinajstić information content (AvgIpc) is 2.29. The second kappa shape index (κ2) is 5.99. The van der Waals surface area contributed by atoms with E-state index in [0.717, 1.165) is 25.9 Å². The molecule has 3 nitrogen and oxygen atoms in total. The molecule has 0 aliphatic carbocycles. The average molecular weight is 229 g/mol. The van der Waals surface area contributed by atoms with Crippen molar-refractivity contribution in [2.45, 2.75) is 64.6 Å². The smallest absolute Gasteiger partial charge is 0.0616 e. The Labute approximate surface area is 99.6 Å². The van der Waals surface area contributed by atoms with E-state index in [0.29, 0.717) is 12.0 Å². The van der Waals surface area contributed by atoms with E-state index in [4.69, 9.17) is 4.74 Å². The predicted molar refractivity (Wildman–Crippen MR) is 66.5 cm³/mol. The van der Waals surface area contributed by atoms with Gasteiger partial charge in [-0.3, -0.25) is 0 Å². The molecule has 3 atom stereocenters. The summed E-state index contributed by atoms with van der Waals surface area (Å²) in [7, 11) is 0. The van der Waals surface area contributed by atoms with Crippen LogP contribution in [0.15, 0.2) is 0 Å². The Bertz CT molecular complexity index is 208. The molecule has 96 valence electrons. The first-order valence-corrected chi connectivity index (χ1v) is 6.53. The van der Waals surface area contributed by atoms with Gasteiger partial charge < -0.3 is 15.2 Å². The van der Waals surface area contributed by atoms with Crippen molar-refractivity contribution in [2.75, 3.05) is 13.2 Å². The van der Waals surface area contributed by atoms with Gasteiger partial charge in [0.25, 0.3) is 0 Å². The first-order chi connectivity index (χ1) is 7.53. The lowest BCUT2D eigenvalue weighted by molar-refractivity contribution is -0.0670. The number of hydrogen-bond donors (Lipinski definition) is 2. The molecule has 1 aliphatic rings. The molecule has 0 aromatic rings. The van der Waals surface area contributed by atoms with Crippen molar-refractivity contribution in [3.05, 3.63) is 0 Å². The third-order valence-electron chi connectivity index (χ3n) is 3.72. The fourth-order valence-electron chi connectivity index (χ4n) is 2.33. The minimum Gasteiger partial charge on any atom is -0.394 e. The summed E-state index contributed by atoms with van der Waals surface area (Å²) in [6, 6.07) is 0.457. The Balaban J connectivity index is 2.63. The van der Waals surface area contributed by atoms with Gasteiger partial charge in [0.05, 0.1) is 12.7 Å². The van der Waals surface area contributed by atoms with E-state index in [1.54, 1.807) is 0 Å². The number of aliphatic hydroxyl groups excluding tert-OH is 1. The van der Waals surface area contributed by atoms with Crippen LogP contribution in [0, 0.1) is 5.92 Å². The molecule has 0 radical (unpaired) electrons. The molecule has 0 saturated carbocycles. The van der Waals surface area contributed by atoms with Crippen molar-refractivity contribution in [1.82, 2.24) is 5.32 Å². The molecule has 1 saturated heterocycles. The minimum absolute atomic E-state index is 0.122. The van der Waals surface area contributed by atoms with Crippen molar-refractivity contribution in [2.24, 2.45) is 5.92 Å². The number of aliphatic hydroxyl groups is 1. The lowest BCUT2D eigenvalue weighted by Gasteiger charge is -2.43. The van der Waals surface area contributed by atoms with Gasteiger partial charge in [0, 0.05) is 18.2 Å². The summed E-state index contributed by atoms with van der Waals surface area (Å²) in [5.41, 5.74) is -0.122. The molecular weight excluding hydrogens is 202 g/mol. The van der Waals surface area contributed by atoms with Gasteiger partial charge in [-0.2, -0.15) is 0 Å². The second-order valence-electron chi connectivity index (χ2n) is 5.50. The second-order valence-corrected chi connectivity index (χ2v) is 5.50. The van der Waals surface area contributed by atoms with Crippen LogP contribution in [0.25, 0.3) is 0 Å². The molecule has 16 heavy (non-hydrogen) atoms. The largest absolute Gasteiger partial charge is 0.394 e. The van der Waals surface area contributed by atoms with Crippen LogP contribution < -0.4 is 5.32 Å². The number of nitrogens with one attached hydrogen (secondary N) is 1. The first kappa shape index (κ1) is 13.9. The third kappa shape index (κ3) is 3.44. The topological polar surface area (TPSA) is 41.5 Å². The van der Waals surface area contributed by atoms with Crippen molar-refractivity contribution in [1.29, 1.82) is 0 Å². The van der Waals surface area contributed by atoms with Gasteiger partial charge in [0.1, 0.15) is 0 Å². The van der Waals surface area contributed by atoms with Crippen LogP contribution in [-0.4, -0.2) is 36.0 Å². The van der Waals surface area contributed by atoms with E-state index in [1.807, 2.05) is 0 Å². The summed E-state index contributed by atoms with van der Waals surface area (Å²) in [6.45, 7) is 9.68. The first-order valence-electron chi connectivity index (χ1n) is 6.53. The lowest BCUT2D eigenvalue weighted by Crippen LogP contribution is -2.57. The summed E-state index contributed by atoms with van der Waals surface area (Å²) in [5, 5.41) is 13.3. The van der Waals surface area contributed by atoms with E-state index >= 15 is 0 Å². The highest BCUT2D eigenvalue weighted by Crippen LogP contribution is 2.29. The maximum absolute atomic E-state index is 9.67. The highest BCUT2D eigenvalue weighted by molar-refractivity contribution is 4.95. The zero-order chi connectivity index (χ0) is 12.2. The normalized spacial score (nSPS) is 33.0. The Hall–Kier alpha value is -0.120. The Morgan fingerprint density at radius 1 is 1.44 bits per heavy atom. The van der Waals surface area contributed by atoms with Crippen LogP contribution in [0.5, 0.6) is 0 Å². The molecule has 0 aromatic carbocycles. The predicted octanol–water partition coefficient (Wildman–Crippen LogP) is 1.94. The Morgan fingerprint density at radius 3 is 2.62 bits per heavy atom. The van der Waals surface area contributed by atoms with Gasteiger partial charge in [0.2, 0.25) is 0 Å². The van der Waals surface area contributed by atoms with Gasteiger partial charge in [-0.25, -0.2) is 0 Å². The molecule has 1 heterocycles. The molecule has 0 amide bonds. The van der Waals surface area contributed by atoms with Crippen molar-refractivity contribution in [3.63, 3.8) is 0 Å². The van der Waals surface area contributed by atoms with Crippen LogP contribution >= 0.6 is 0 Å². The molecule has 0 bridgehead atoms. The lowest BCUT2D eigenvalue weighted by atomic mass is 9.83. The number of rotatable bonds is 5. The molecule has 1 rings (SSSR count). The van der Waals surface area contributed by atoms with E-state index < -0.39 is 0 Å². The van der Waals surface area contributed by atoms with Crippen molar-refractivity contribution < 1.29 is 9.84 Å². The fraction of sp³-hybridized carbons (Fsp3) is 1.00. The van der Waals surface area contributed by atoms with E-state index in [-0.39, 0.29) is 18.2 Å². The van der Waals surface area contributed by atoms with E-state index in [9.17, 15) is 5.11 Å². The SMILES string of the molecule is CCC(C)NC1(CO)CCOC(C(C)C)C1. The molecular formula is C13H27NO2. The van der Waals surface area contributed by atoms with Gasteiger partial charge in [-0.05, 0) is 32.1 Å². The van der Waals surface area contributed by atoms with Gasteiger partial charge in [-0.15, -0.1) is 0 Å². The maximum atomic E-state index is 9.67. The fourth-order valence-corrected chi connectivity index (χ4v) is 2.33. The van der Waals surface area contributed by atoms with E-state index in [2.05, 4.69) is 33.0 Å². The minimum atomic E-state index is -0.122. The van der Waals surface area contributed by atoms with Crippen LogP contribution in [0.3, 0.4) is 0 Å². The summed E-state index contributed by atoms with van der Waals surface area (Å²) in [6.07, 6.45) is 3.20. The maximum Gasteiger partial charge on any atom is 0.0616 e. The molecule has 2 N–H and O–H groups in total. The van der Waals surface area contributed by atoms with E-state index in [1.165, 1.54) is 0 Å². The molecule has 0 spiro atoms. The van der Waals surface area contributed by atoms with Gasteiger partial charge in [-0.1, -0.05) is 20.8 Å². The monoisotopic (exact) mass is 229 g/mol. The van der Waals surface area contributed by atoms with Crippen LogP contribution in [-0.2, 0) is 4.74 Å². The van der Waals surface area contributed by atoms with Gasteiger partial charge >= 0.3 is 0 Å². The highest BCUT2D eigenvalue weighted by Gasteiger charge is 2.38.